The highest BCUT2D eigenvalue weighted by Gasteiger charge is 2.02. The molecular formula is C27H50O5. The van der Waals surface area contributed by atoms with Crippen LogP contribution in [0.4, 0.5) is 0 Å². The molecule has 0 aromatic carbocycles. The molecule has 0 aromatic rings. The van der Waals surface area contributed by atoms with Gasteiger partial charge in [-0.05, 0) is 44.9 Å². The third kappa shape index (κ3) is 26.9. The Morgan fingerprint density at radius 1 is 0.562 bits per heavy atom. The molecule has 32 heavy (non-hydrogen) atoms. The molecule has 0 heterocycles. The fraction of sp³-hybridized carbons (Fsp3) is 0.815. The van der Waals surface area contributed by atoms with E-state index in [4.69, 9.17) is 18.9 Å². The summed E-state index contributed by atoms with van der Waals surface area (Å²) in [6.07, 6.45) is 23.7. The minimum atomic E-state index is -0.126. The van der Waals surface area contributed by atoms with Gasteiger partial charge in [0.1, 0.15) is 6.61 Å². The van der Waals surface area contributed by atoms with Gasteiger partial charge in [-0.2, -0.15) is 0 Å². The van der Waals surface area contributed by atoms with Crippen molar-refractivity contribution in [3.63, 3.8) is 0 Å². The molecule has 0 saturated carbocycles. The Bertz CT molecular complexity index is 434. The Morgan fingerprint density at radius 3 is 1.69 bits per heavy atom. The predicted molar refractivity (Wildman–Crippen MR) is 133 cm³/mol. The van der Waals surface area contributed by atoms with Crippen LogP contribution in [-0.2, 0) is 23.7 Å². The largest absolute Gasteiger partial charge is 0.463 e. The molecule has 0 spiro atoms. The van der Waals surface area contributed by atoms with E-state index < -0.39 is 0 Å². The molecular weight excluding hydrogens is 404 g/mol. The summed E-state index contributed by atoms with van der Waals surface area (Å²) >= 11 is 0. The minimum Gasteiger partial charge on any atom is -0.463 e. The van der Waals surface area contributed by atoms with E-state index in [0.717, 1.165) is 45.1 Å². The number of carbonyl (C=O) groups excluding carboxylic acids is 1. The van der Waals surface area contributed by atoms with Crippen molar-refractivity contribution in [2.75, 3.05) is 46.2 Å². The SMILES string of the molecule is CCCCCC/C=C/C/C=C/CCCCCCC(=O)OCCOCCOCCOCCC. The molecule has 0 saturated heterocycles. The Morgan fingerprint density at radius 2 is 1.09 bits per heavy atom. The van der Waals surface area contributed by atoms with Gasteiger partial charge in [0.05, 0.1) is 33.0 Å². The van der Waals surface area contributed by atoms with Crippen molar-refractivity contribution >= 4 is 5.97 Å². The summed E-state index contributed by atoms with van der Waals surface area (Å²) in [5.74, 6) is -0.126. The molecule has 5 heteroatoms. The van der Waals surface area contributed by atoms with E-state index in [-0.39, 0.29) is 5.97 Å². The molecule has 0 bridgehead atoms. The highest BCUT2D eigenvalue weighted by molar-refractivity contribution is 5.69. The number of unbranched alkanes of at least 4 members (excludes halogenated alkanes) is 8. The standard InChI is InChI=1S/C27H50O5/c1-3-5-6-7-8-9-10-11-12-13-14-15-16-17-18-19-27(28)32-26-25-31-24-23-30-22-21-29-20-4-2/h9-10,12-13H,3-8,11,14-26H2,1-2H3/b10-9+,13-12+. The molecule has 0 N–H and O–H groups in total. The van der Waals surface area contributed by atoms with Gasteiger partial charge in [-0.3, -0.25) is 4.79 Å². The summed E-state index contributed by atoms with van der Waals surface area (Å²) in [6.45, 7) is 8.10. The van der Waals surface area contributed by atoms with Crippen LogP contribution in [0.5, 0.6) is 0 Å². The lowest BCUT2D eigenvalue weighted by Gasteiger charge is -2.07. The Balaban J connectivity index is 3.25. The maximum Gasteiger partial charge on any atom is 0.305 e. The zero-order valence-electron chi connectivity index (χ0n) is 21.0. The summed E-state index contributed by atoms with van der Waals surface area (Å²) in [6, 6.07) is 0. The van der Waals surface area contributed by atoms with Gasteiger partial charge in [0, 0.05) is 13.0 Å². The zero-order chi connectivity index (χ0) is 23.4. The van der Waals surface area contributed by atoms with Crippen LogP contribution in [0, 0.1) is 0 Å². The number of hydrogen-bond donors (Lipinski definition) is 0. The lowest BCUT2D eigenvalue weighted by molar-refractivity contribution is -0.145. The molecule has 0 unspecified atom stereocenters. The highest BCUT2D eigenvalue weighted by Crippen LogP contribution is 2.07. The number of carbonyl (C=O) groups is 1. The van der Waals surface area contributed by atoms with Gasteiger partial charge in [-0.1, -0.05) is 70.3 Å². The van der Waals surface area contributed by atoms with Crippen molar-refractivity contribution in [2.24, 2.45) is 0 Å². The van der Waals surface area contributed by atoms with Crippen LogP contribution < -0.4 is 0 Å². The van der Waals surface area contributed by atoms with Crippen LogP contribution >= 0.6 is 0 Å². The van der Waals surface area contributed by atoms with E-state index in [1.54, 1.807) is 0 Å². The Kier molecular flexibility index (Phi) is 26.8. The summed E-state index contributed by atoms with van der Waals surface area (Å²) < 4.78 is 21.3. The van der Waals surface area contributed by atoms with Crippen molar-refractivity contribution in [2.45, 2.75) is 97.3 Å². The molecule has 0 fully saturated rings. The quantitative estimate of drug-likeness (QED) is 0.0862. The van der Waals surface area contributed by atoms with Gasteiger partial charge >= 0.3 is 5.97 Å². The van der Waals surface area contributed by atoms with Crippen LogP contribution in [0.3, 0.4) is 0 Å². The highest BCUT2D eigenvalue weighted by atomic mass is 16.6. The number of allylic oxidation sites excluding steroid dienone is 4. The summed E-state index contributed by atoms with van der Waals surface area (Å²) in [5.41, 5.74) is 0. The third-order valence-electron chi connectivity index (χ3n) is 4.91. The number of ether oxygens (including phenoxy) is 4. The second-order valence-electron chi connectivity index (χ2n) is 8.04. The summed E-state index contributed by atoms with van der Waals surface area (Å²) in [7, 11) is 0. The average molecular weight is 455 g/mol. The molecule has 0 atom stereocenters. The van der Waals surface area contributed by atoms with Crippen molar-refractivity contribution < 1.29 is 23.7 Å². The molecule has 0 aliphatic rings. The maximum absolute atomic E-state index is 11.7. The maximum atomic E-state index is 11.7. The monoisotopic (exact) mass is 454 g/mol. The molecule has 5 nitrogen and oxygen atoms in total. The number of hydrogen-bond acceptors (Lipinski definition) is 5. The zero-order valence-corrected chi connectivity index (χ0v) is 21.0. The van der Waals surface area contributed by atoms with E-state index in [1.807, 2.05) is 0 Å². The van der Waals surface area contributed by atoms with Crippen LogP contribution in [-0.4, -0.2) is 52.2 Å². The Labute approximate surface area is 197 Å². The Hall–Kier alpha value is -1.17. The van der Waals surface area contributed by atoms with Gasteiger partial charge in [0.2, 0.25) is 0 Å². The molecule has 0 aliphatic carbocycles. The van der Waals surface area contributed by atoms with Gasteiger partial charge in [0.15, 0.2) is 0 Å². The fourth-order valence-electron chi connectivity index (χ4n) is 3.05. The van der Waals surface area contributed by atoms with Gasteiger partial charge in [0.25, 0.3) is 0 Å². The average Bonchev–Trinajstić information content (AvgIpc) is 2.80. The van der Waals surface area contributed by atoms with Crippen molar-refractivity contribution in [3.8, 4) is 0 Å². The summed E-state index contributed by atoms with van der Waals surface area (Å²) in [5, 5.41) is 0. The topological polar surface area (TPSA) is 54.0 Å². The smallest absolute Gasteiger partial charge is 0.305 e. The van der Waals surface area contributed by atoms with E-state index >= 15 is 0 Å². The third-order valence-corrected chi connectivity index (χ3v) is 4.91. The van der Waals surface area contributed by atoms with Crippen LogP contribution in [0.1, 0.15) is 97.3 Å². The molecule has 0 radical (unpaired) electrons. The molecule has 0 rings (SSSR count). The molecule has 0 aromatic heterocycles. The lowest BCUT2D eigenvalue weighted by Crippen LogP contribution is -2.14. The minimum absolute atomic E-state index is 0.126. The predicted octanol–water partition coefficient (Wildman–Crippen LogP) is 6.80. The first-order chi connectivity index (χ1) is 15.8. The van der Waals surface area contributed by atoms with Crippen LogP contribution in [0.15, 0.2) is 24.3 Å². The van der Waals surface area contributed by atoms with Gasteiger partial charge in [-0.15, -0.1) is 0 Å². The normalized spacial score (nSPS) is 11.7. The van der Waals surface area contributed by atoms with Crippen molar-refractivity contribution in [1.29, 1.82) is 0 Å². The molecule has 0 aliphatic heterocycles. The van der Waals surface area contributed by atoms with Crippen LogP contribution in [0.2, 0.25) is 0 Å². The second kappa shape index (κ2) is 27.9. The van der Waals surface area contributed by atoms with Crippen molar-refractivity contribution in [1.82, 2.24) is 0 Å². The van der Waals surface area contributed by atoms with Crippen molar-refractivity contribution in [3.05, 3.63) is 24.3 Å². The number of rotatable bonds is 25. The van der Waals surface area contributed by atoms with E-state index in [1.165, 1.54) is 38.5 Å². The summed E-state index contributed by atoms with van der Waals surface area (Å²) in [4.78, 5) is 11.7. The molecule has 0 amide bonds. The number of esters is 1. The first kappa shape index (κ1) is 30.8. The first-order valence-corrected chi connectivity index (χ1v) is 13.0. The lowest BCUT2D eigenvalue weighted by atomic mass is 10.1. The van der Waals surface area contributed by atoms with E-state index in [2.05, 4.69) is 38.2 Å². The fourth-order valence-corrected chi connectivity index (χ4v) is 3.05. The van der Waals surface area contributed by atoms with Crippen LogP contribution in [0.25, 0.3) is 0 Å². The van der Waals surface area contributed by atoms with Gasteiger partial charge in [-0.25, -0.2) is 0 Å². The van der Waals surface area contributed by atoms with E-state index in [0.29, 0.717) is 46.1 Å². The molecule has 188 valence electrons. The van der Waals surface area contributed by atoms with E-state index in [9.17, 15) is 4.79 Å². The van der Waals surface area contributed by atoms with Gasteiger partial charge < -0.3 is 18.9 Å². The first-order valence-electron chi connectivity index (χ1n) is 13.0. The second-order valence-corrected chi connectivity index (χ2v) is 8.04.